The van der Waals surface area contributed by atoms with Crippen molar-refractivity contribution in [2.45, 2.75) is 12.8 Å². The second-order valence-corrected chi connectivity index (χ2v) is 5.21. The first-order valence-electron chi connectivity index (χ1n) is 5.67. The predicted octanol–water partition coefficient (Wildman–Crippen LogP) is 5.16. The fourth-order valence-electron chi connectivity index (χ4n) is 1.64. The molecule has 0 spiro atoms. The van der Waals surface area contributed by atoms with Crippen LogP contribution in [0.15, 0.2) is 40.9 Å². The molecule has 0 saturated carbocycles. The van der Waals surface area contributed by atoms with Crippen molar-refractivity contribution in [2.24, 2.45) is 0 Å². The highest BCUT2D eigenvalue weighted by Crippen LogP contribution is 2.29. The SMILES string of the molecule is Cc1cc(Oc2ccc(CCl)cc2C#N)ccc1Br. The van der Waals surface area contributed by atoms with Crippen LogP contribution in [0.2, 0.25) is 0 Å². The van der Waals surface area contributed by atoms with Crippen LogP contribution in [0, 0.1) is 18.3 Å². The van der Waals surface area contributed by atoms with Crippen molar-refractivity contribution >= 4 is 27.5 Å². The first kappa shape index (κ1) is 13.9. The summed E-state index contributed by atoms with van der Waals surface area (Å²) in [5, 5.41) is 9.13. The van der Waals surface area contributed by atoms with Gasteiger partial charge in [0.1, 0.15) is 17.6 Å². The van der Waals surface area contributed by atoms with Gasteiger partial charge in [0.25, 0.3) is 0 Å². The van der Waals surface area contributed by atoms with E-state index in [2.05, 4.69) is 22.0 Å². The topological polar surface area (TPSA) is 33.0 Å². The van der Waals surface area contributed by atoms with Gasteiger partial charge in [-0.25, -0.2) is 0 Å². The Balaban J connectivity index is 2.33. The normalized spacial score (nSPS) is 10.0. The van der Waals surface area contributed by atoms with Gasteiger partial charge in [0.15, 0.2) is 0 Å². The third-order valence-corrected chi connectivity index (χ3v) is 3.87. The number of aryl methyl sites for hydroxylation is 1. The number of hydrogen-bond acceptors (Lipinski definition) is 2. The van der Waals surface area contributed by atoms with E-state index in [1.165, 1.54) is 0 Å². The number of halogens is 2. The Bertz CT molecular complexity index is 649. The molecule has 0 saturated heterocycles. The van der Waals surface area contributed by atoms with Crippen molar-refractivity contribution in [3.8, 4) is 17.6 Å². The zero-order valence-electron chi connectivity index (χ0n) is 10.3. The zero-order valence-corrected chi connectivity index (χ0v) is 12.6. The highest BCUT2D eigenvalue weighted by molar-refractivity contribution is 9.10. The number of benzene rings is 2. The molecule has 2 aromatic carbocycles. The van der Waals surface area contributed by atoms with E-state index in [1.807, 2.05) is 31.2 Å². The molecule has 0 N–H and O–H groups in total. The predicted molar refractivity (Wildman–Crippen MR) is 79.7 cm³/mol. The molecule has 0 bridgehead atoms. The van der Waals surface area contributed by atoms with Crippen molar-refractivity contribution in [2.75, 3.05) is 0 Å². The van der Waals surface area contributed by atoms with Gasteiger partial charge in [-0.2, -0.15) is 5.26 Å². The molecule has 19 heavy (non-hydrogen) atoms. The van der Waals surface area contributed by atoms with Gasteiger partial charge in [0.2, 0.25) is 0 Å². The van der Waals surface area contributed by atoms with E-state index in [-0.39, 0.29) is 0 Å². The largest absolute Gasteiger partial charge is 0.456 e. The quantitative estimate of drug-likeness (QED) is 0.725. The van der Waals surface area contributed by atoms with Crippen LogP contribution in [-0.4, -0.2) is 0 Å². The van der Waals surface area contributed by atoms with Gasteiger partial charge in [-0.1, -0.05) is 22.0 Å². The van der Waals surface area contributed by atoms with Crippen LogP contribution in [0.4, 0.5) is 0 Å². The molecule has 0 amide bonds. The maximum Gasteiger partial charge on any atom is 0.145 e. The number of nitriles is 1. The Kier molecular flexibility index (Phi) is 4.47. The Hall–Kier alpha value is -1.50. The van der Waals surface area contributed by atoms with Crippen LogP contribution in [0.5, 0.6) is 11.5 Å². The lowest BCUT2D eigenvalue weighted by Gasteiger charge is -2.09. The molecule has 0 aliphatic carbocycles. The molecule has 2 nitrogen and oxygen atoms in total. The monoisotopic (exact) mass is 335 g/mol. The van der Waals surface area contributed by atoms with Gasteiger partial charge in [-0.3, -0.25) is 0 Å². The van der Waals surface area contributed by atoms with E-state index in [9.17, 15) is 0 Å². The second-order valence-electron chi connectivity index (χ2n) is 4.09. The summed E-state index contributed by atoms with van der Waals surface area (Å²) in [5.41, 5.74) is 2.46. The summed E-state index contributed by atoms with van der Waals surface area (Å²) in [6.45, 7) is 1.98. The highest BCUT2D eigenvalue weighted by atomic mass is 79.9. The van der Waals surface area contributed by atoms with E-state index in [1.54, 1.807) is 12.1 Å². The van der Waals surface area contributed by atoms with Crippen molar-refractivity contribution < 1.29 is 4.74 Å². The fourth-order valence-corrected chi connectivity index (χ4v) is 2.06. The Labute approximate surface area is 125 Å². The number of ether oxygens (including phenoxy) is 1. The minimum atomic E-state index is 0.381. The number of hydrogen-bond donors (Lipinski definition) is 0. The van der Waals surface area contributed by atoms with Crippen molar-refractivity contribution in [3.05, 3.63) is 57.6 Å². The molecule has 0 atom stereocenters. The molecule has 4 heteroatoms. The molecule has 0 heterocycles. The molecule has 2 aromatic rings. The first-order chi connectivity index (χ1) is 9.13. The van der Waals surface area contributed by atoms with Gasteiger partial charge in [-0.15, -0.1) is 11.6 Å². The summed E-state index contributed by atoms with van der Waals surface area (Å²) in [7, 11) is 0. The summed E-state index contributed by atoms with van der Waals surface area (Å²) in [6.07, 6.45) is 0. The molecule has 2 rings (SSSR count). The highest BCUT2D eigenvalue weighted by Gasteiger charge is 2.07. The Morgan fingerprint density at radius 1 is 1.26 bits per heavy atom. The van der Waals surface area contributed by atoms with Gasteiger partial charge in [0, 0.05) is 10.4 Å². The van der Waals surface area contributed by atoms with E-state index < -0.39 is 0 Å². The van der Waals surface area contributed by atoms with Crippen LogP contribution in [0.25, 0.3) is 0 Å². The Morgan fingerprint density at radius 2 is 2.05 bits per heavy atom. The minimum absolute atomic E-state index is 0.381. The molecule has 96 valence electrons. The van der Waals surface area contributed by atoms with Crippen LogP contribution in [-0.2, 0) is 5.88 Å². The minimum Gasteiger partial charge on any atom is -0.456 e. The smallest absolute Gasteiger partial charge is 0.145 e. The van der Waals surface area contributed by atoms with E-state index >= 15 is 0 Å². The third kappa shape index (κ3) is 3.28. The number of alkyl halides is 1. The molecule has 0 radical (unpaired) electrons. The standard InChI is InChI=1S/C15H11BrClNO/c1-10-6-13(3-4-14(10)16)19-15-5-2-11(8-17)7-12(15)9-18/h2-7H,8H2,1H3. The average Bonchev–Trinajstić information content (AvgIpc) is 2.43. The summed E-state index contributed by atoms with van der Waals surface area (Å²) in [5.74, 6) is 1.63. The maximum absolute atomic E-state index is 9.13. The van der Waals surface area contributed by atoms with Gasteiger partial charge in [-0.05, 0) is 48.4 Å². The van der Waals surface area contributed by atoms with E-state index in [0.29, 0.717) is 22.9 Å². The third-order valence-electron chi connectivity index (χ3n) is 2.68. The number of nitrogens with zero attached hydrogens (tertiary/aromatic N) is 1. The van der Waals surface area contributed by atoms with E-state index in [4.69, 9.17) is 21.6 Å². The molecule has 0 aromatic heterocycles. The first-order valence-corrected chi connectivity index (χ1v) is 7.00. The molecule has 0 unspecified atom stereocenters. The summed E-state index contributed by atoms with van der Waals surface area (Å²) >= 11 is 9.19. The summed E-state index contributed by atoms with van der Waals surface area (Å²) < 4.78 is 6.78. The fraction of sp³-hybridized carbons (Fsp3) is 0.133. The molecule has 0 fully saturated rings. The van der Waals surface area contributed by atoms with Crippen LogP contribution < -0.4 is 4.74 Å². The van der Waals surface area contributed by atoms with Gasteiger partial charge >= 0.3 is 0 Å². The number of rotatable bonds is 3. The molecular weight excluding hydrogens is 326 g/mol. The maximum atomic E-state index is 9.13. The zero-order chi connectivity index (χ0) is 13.8. The van der Waals surface area contributed by atoms with Crippen molar-refractivity contribution in [1.82, 2.24) is 0 Å². The van der Waals surface area contributed by atoms with Crippen molar-refractivity contribution in [1.29, 1.82) is 5.26 Å². The summed E-state index contributed by atoms with van der Waals surface area (Å²) in [6, 6.07) is 13.2. The molecule has 0 aliphatic heterocycles. The van der Waals surface area contributed by atoms with E-state index in [0.717, 1.165) is 15.6 Å². The van der Waals surface area contributed by atoms with Crippen LogP contribution >= 0.6 is 27.5 Å². The molecule has 0 aliphatic rings. The lowest BCUT2D eigenvalue weighted by Crippen LogP contribution is -1.90. The second kappa shape index (κ2) is 6.10. The van der Waals surface area contributed by atoms with Crippen LogP contribution in [0.1, 0.15) is 16.7 Å². The van der Waals surface area contributed by atoms with Gasteiger partial charge in [0.05, 0.1) is 5.56 Å². The lowest BCUT2D eigenvalue weighted by atomic mass is 10.1. The van der Waals surface area contributed by atoms with Crippen molar-refractivity contribution in [3.63, 3.8) is 0 Å². The summed E-state index contributed by atoms with van der Waals surface area (Å²) in [4.78, 5) is 0. The lowest BCUT2D eigenvalue weighted by molar-refractivity contribution is 0.480. The molecular formula is C15H11BrClNO. The Morgan fingerprint density at radius 3 is 2.68 bits per heavy atom. The van der Waals surface area contributed by atoms with Gasteiger partial charge < -0.3 is 4.74 Å². The average molecular weight is 337 g/mol. The van der Waals surface area contributed by atoms with Crippen LogP contribution in [0.3, 0.4) is 0 Å².